The molecule has 1 aromatic heterocycles. The second-order valence-corrected chi connectivity index (χ2v) is 7.41. The molecule has 0 aliphatic carbocycles. The van der Waals surface area contributed by atoms with Crippen LogP contribution in [0.4, 0.5) is 5.69 Å². The van der Waals surface area contributed by atoms with Crippen molar-refractivity contribution in [3.8, 4) is 5.75 Å². The van der Waals surface area contributed by atoms with Gasteiger partial charge in [-0.25, -0.2) is 0 Å². The van der Waals surface area contributed by atoms with Crippen LogP contribution in [0.3, 0.4) is 0 Å². The summed E-state index contributed by atoms with van der Waals surface area (Å²) in [5, 5.41) is 4.24. The summed E-state index contributed by atoms with van der Waals surface area (Å²) in [4.78, 5) is 18.1. The molecule has 25 heavy (non-hydrogen) atoms. The monoisotopic (exact) mass is 360 g/mol. The van der Waals surface area contributed by atoms with Crippen molar-refractivity contribution >= 4 is 23.1 Å². The van der Waals surface area contributed by atoms with Gasteiger partial charge >= 0.3 is 0 Å². The Hall–Kier alpha value is -1.99. The van der Waals surface area contributed by atoms with Crippen molar-refractivity contribution < 1.29 is 9.53 Å². The Morgan fingerprint density at radius 3 is 2.64 bits per heavy atom. The molecule has 1 saturated heterocycles. The number of rotatable bonds is 5. The first-order valence-corrected chi connectivity index (χ1v) is 9.29. The van der Waals surface area contributed by atoms with Crippen molar-refractivity contribution in [3.63, 3.8) is 0 Å². The third kappa shape index (κ3) is 3.67. The van der Waals surface area contributed by atoms with Crippen LogP contribution >= 0.6 is 11.5 Å². The minimum Gasteiger partial charge on any atom is -0.497 e. The molecule has 1 atom stereocenters. The number of benzene rings is 1. The van der Waals surface area contributed by atoms with Crippen molar-refractivity contribution in [2.24, 2.45) is 0 Å². The van der Waals surface area contributed by atoms with Crippen molar-refractivity contribution in [3.05, 3.63) is 34.8 Å². The number of aromatic nitrogens is 2. The van der Waals surface area contributed by atoms with E-state index in [1.807, 2.05) is 36.1 Å². The third-order valence-electron chi connectivity index (χ3n) is 4.64. The Morgan fingerprint density at radius 2 is 2.00 bits per heavy atom. The molecule has 1 aliphatic heterocycles. The Bertz CT molecular complexity index is 729. The molecule has 7 heteroatoms. The average molecular weight is 360 g/mol. The fourth-order valence-corrected chi connectivity index (χ4v) is 3.92. The van der Waals surface area contributed by atoms with Crippen LogP contribution in [0.15, 0.2) is 24.3 Å². The number of nitrogens with zero attached hydrogens (tertiary/aromatic N) is 4. The predicted molar refractivity (Wildman–Crippen MR) is 99.2 cm³/mol. The van der Waals surface area contributed by atoms with Crippen molar-refractivity contribution in [1.82, 2.24) is 14.5 Å². The Kier molecular flexibility index (Phi) is 5.34. The number of carbonyl (C=O) groups excluding carboxylic acids is 1. The summed E-state index contributed by atoms with van der Waals surface area (Å²) in [5.74, 6) is 1.27. The molecule has 134 valence electrons. The zero-order valence-corrected chi connectivity index (χ0v) is 15.9. The second-order valence-electron chi connectivity index (χ2n) is 6.57. The van der Waals surface area contributed by atoms with Gasteiger partial charge in [-0.15, -0.1) is 5.10 Å². The maximum absolute atomic E-state index is 12.9. The van der Waals surface area contributed by atoms with Crippen LogP contribution in [0, 0.1) is 0 Å². The van der Waals surface area contributed by atoms with E-state index < -0.39 is 0 Å². The van der Waals surface area contributed by atoms with Gasteiger partial charge in [-0.05, 0) is 48.6 Å². The lowest BCUT2D eigenvalue weighted by atomic mass is 10.1. The van der Waals surface area contributed by atoms with Crippen LogP contribution in [-0.2, 0) is 11.3 Å². The average Bonchev–Trinajstić information content (AvgIpc) is 3.08. The summed E-state index contributed by atoms with van der Waals surface area (Å²) in [7, 11) is 1.64. The lowest BCUT2D eigenvalue weighted by molar-refractivity contribution is -0.125. The molecule has 1 aliphatic rings. The van der Waals surface area contributed by atoms with Gasteiger partial charge in [0.1, 0.15) is 5.75 Å². The van der Waals surface area contributed by atoms with Crippen LogP contribution in [-0.4, -0.2) is 46.6 Å². The van der Waals surface area contributed by atoms with Gasteiger partial charge in [-0.3, -0.25) is 9.69 Å². The van der Waals surface area contributed by atoms with E-state index in [4.69, 9.17) is 4.74 Å². The first-order valence-electron chi connectivity index (χ1n) is 8.52. The van der Waals surface area contributed by atoms with Gasteiger partial charge in [0.05, 0.1) is 23.7 Å². The summed E-state index contributed by atoms with van der Waals surface area (Å²) >= 11 is 1.43. The predicted octanol–water partition coefficient (Wildman–Crippen LogP) is 2.91. The Labute approximate surface area is 152 Å². The molecule has 0 N–H and O–H groups in total. The number of piperazine rings is 1. The number of carbonyl (C=O) groups is 1. The Morgan fingerprint density at radius 1 is 1.28 bits per heavy atom. The first kappa shape index (κ1) is 17.8. The second kappa shape index (κ2) is 7.49. The fraction of sp³-hybridized carbons (Fsp3) is 0.500. The largest absolute Gasteiger partial charge is 0.497 e. The highest BCUT2D eigenvalue weighted by atomic mass is 32.1. The lowest BCUT2D eigenvalue weighted by Gasteiger charge is -2.39. The maximum Gasteiger partial charge on any atom is 0.244 e. The summed E-state index contributed by atoms with van der Waals surface area (Å²) in [6.07, 6.45) is 0. The van der Waals surface area contributed by atoms with Gasteiger partial charge in [-0.1, -0.05) is 18.3 Å². The topological polar surface area (TPSA) is 58.6 Å². The molecule has 0 bridgehead atoms. The van der Waals surface area contributed by atoms with Crippen molar-refractivity contribution in [2.45, 2.75) is 39.3 Å². The van der Waals surface area contributed by atoms with E-state index in [1.165, 1.54) is 11.5 Å². The molecule has 0 saturated carbocycles. The summed E-state index contributed by atoms with van der Waals surface area (Å²) in [5.41, 5.74) is 1.96. The SMILES string of the molecule is COc1ccc(N2CCN(Cc3snnc3C(C)C)[C@H](C)C2=O)cc1. The highest BCUT2D eigenvalue weighted by Crippen LogP contribution is 2.26. The molecular formula is C18H24N4O2S. The van der Waals surface area contributed by atoms with Crippen LogP contribution in [0.2, 0.25) is 0 Å². The highest BCUT2D eigenvalue weighted by Gasteiger charge is 2.33. The molecule has 0 spiro atoms. The summed E-state index contributed by atoms with van der Waals surface area (Å²) in [6.45, 7) is 8.45. The normalized spacial score (nSPS) is 18.8. The zero-order chi connectivity index (χ0) is 18.0. The Balaban J connectivity index is 1.71. The molecule has 0 unspecified atom stereocenters. The molecule has 1 aromatic carbocycles. The molecule has 0 radical (unpaired) electrons. The molecule has 6 nitrogen and oxygen atoms in total. The highest BCUT2D eigenvalue weighted by molar-refractivity contribution is 7.05. The van der Waals surface area contributed by atoms with Crippen LogP contribution in [0.25, 0.3) is 0 Å². The number of anilines is 1. The van der Waals surface area contributed by atoms with Crippen LogP contribution in [0.1, 0.15) is 37.3 Å². The number of ether oxygens (including phenoxy) is 1. The minimum atomic E-state index is -0.169. The van der Waals surface area contributed by atoms with Gasteiger partial charge in [0.2, 0.25) is 5.91 Å². The lowest BCUT2D eigenvalue weighted by Crippen LogP contribution is -2.55. The molecule has 3 rings (SSSR count). The first-order chi connectivity index (χ1) is 12.0. The number of methoxy groups -OCH3 is 1. The fourth-order valence-electron chi connectivity index (χ4n) is 3.10. The quantitative estimate of drug-likeness (QED) is 0.820. The van der Waals surface area contributed by atoms with E-state index in [2.05, 4.69) is 28.3 Å². The van der Waals surface area contributed by atoms with Gasteiger partial charge in [0, 0.05) is 25.3 Å². The standard InChI is InChI=1S/C18H24N4O2S/c1-12(2)17-16(25-20-19-17)11-21-9-10-22(18(23)13(21)3)14-5-7-15(24-4)8-6-14/h5-8,12-13H,9-11H2,1-4H3/t13-/m1/s1. The summed E-state index contributed by atoms with van der Waals surface area (Å²) in [6, 6.07) is 7.47. The summed E-state index contributed by atoms with van der Waals surface area (Å²) < 4.78 is 9.28. The van der Waals surface area contributed by atoms with Gasteiger partial charge < -0.3 is 9.64 Å². The van der Waals surface area contributed by atoms with E-state index >= 15 is 0 Å². The maximum atomic E-state index is 12.9. The minimum absolute atomic E-state index is 0.125. The van der Waals surface area contributed by atoms with Crippen molar-refractivity contribution in [2.75, 3.05) is 25.1 Å². The zero-order valence-electron chi connectivity index (χ0n) is 15.1. The van der Waals surface area contributed by atoms with Crippen LogP contribution in [0.5, 0.6) is 5.75 Å². The number of amides is 1. The number of hydrogen-bond acceptors (Lipinski definition) is 6. The van der Waals surface area contributed by atoms with E-state index in [9.17, 15) is 4.79 Å². The van der Waals surface area contributed by atoms with E-state index in [0.29, 0.717) is 12.5 Å². The molecule has 1 amide bonds. The van der Waals surface area contributed by atoms with Crippen LogP contribution < -0.4 is 9.64 Å². The van der Waals surface area contributed by atoms with E-state index in [0.717, 1.165) is 35.1 Å². The van der Waals surface area contributed by atoms with Gasteiger partial charge in [-0.2, -0.15) is 0 Å². The third-order valence-corrected chi connectivity index (χ3v) is 5.37. The van der Waals surface area contributed by atoms with Gasteiger partial charge in [0.15, 0.2) is 0 Å². The number of hydrogen-bond donors (Lipinski definition) is 0. The molecule has 2 heterocycles. The molecule has 2 aromatic rings. The van der Waals surface area contributed by atoms with Crippen molar-refractivity contribution in [1.29, 1.82) is 0 Å². The molecular weight excluding hydrogens is 336 g/mol. The van der Waals surface area contributed by atoms with E-state index in [1.54, 1.807) is 7.11 Å². The van der Waals surface area contributed by atoms with E-state index in [-0.39, 0.29) is 11.9 Å². The van der Waals surface area contributed by atoms with Gasteiger partial charge in [0.25, 0.3) is 0 Å². The molecule has 1 fully saturated rings. The smallest absolute Gasteiger partial charge is 0.244 e.